The first-order valence-electron chi connectivity index (χ1n) is 14.4. The summed E-state index contributed by atoms with van der Waals surface area (Å²) in [4.78, 5) is 38.7. The Morgan fingerprint density at radius 1 is 0.925 bits per heavy atom. The van der Waals surface area contributed by atoms with Gasteiger partial charge in [-0.3, -0.25) is 9.69 Å². The second-order valence-electron chi connectivity index (χ2n) is 11.5. The van der Waals surface area contributed by atoms with E-state index in [0.717, 1.165) is 37.8 Å². The molecule has 40 heavy (non-hydrogen) atoms. The highest BCUT2D eigenvalue weighted by Crippen LogP contribution is 2.45. The number of nitrogens with zero attached hydrogens (tertiary/aromatic N) is 2. The maximum Gasteiger partial charge on any atom is 0.410 e. The molecule has 2 atom stereocenters. The monoisotopic (exact) mass is 544 g/mol. The van der Waals surface area contributed by atoms with Gasteiger partial charge in [-0.1, -0.05) is 48.5 Å². The van der Waals surface area contributed by atoms with E-state index in [1.807, 2.05) is 24.3 Å². The van der Waals surface area contributed by atoms with Gasteiger partial charge >= 0.3 is 18.1 Å². The number of carbonyl (C=O) groups is 3. The van der Waals surface area contributed by atoms with Crippen LogP contribution in [-0.2, 0) is 9.53 Å². The van der Waals surface area contributed by atoms with Crippen LogP contribution in [0.1, 0.15) is 62.0 Å². The van der Waals surface area contributed by atoms with Gasteiger partial charge in [0.05, 0.1) is 17.7 Å². The molecule has 210 valence electrons. The van der Waals surface area contributed by atoms with E-state index in [2.05, 4.69) is 40.1 Å². The summed E-state index contributed by atoms with van der Waals surface area (Å²) in [6, 6.07) is 16.1. The Labute approximate surface area is 234 Å². The van der Waals surface area contributed by atoms with Crippen LogP contribution in [0.4, 0.5) is 9.59 Å². The summed E-state index contributed by atoms with van der Waals surface area (Å²) in [6.45, 7) is 1.40. The number of nitrogens with one attached hydrogen (secondary N) is 2. The molecule has 1 aliphatic heterocycles. The maximum absolute atomic E-state index is 13.3. The van der Waals surface area contributed by atoms with E-state index in [1.165, 1.54) is 22.3 Å². The molecule has 2 saturated carbocycles. The van der Waals surface area contributed by atoms with E-state index in [0.29, 0.717) is 31.8 Å². The molecule has 9 nitrogen and oxygen atoms in total. The number of benzene rings is 2. The number of amides is 3. The third-order valence-electron chi connectivity index (χ3n) is 9.25. The number of rotatable bonds is 6. The molecule has 0 radical (unpaired) electrons. The predicted molar refractivity (Wildman–Crippen MR) is 150 cm³/mol. The lowest BCUT2D eigenvalue weighted by molar-refractivity contribution is -0.143. The van der Waals surface area contributed by atoms with Crippen molar-refractivity contribution in [3.05, 3.63) is 59.7 Å². The van der Waals surface area contributed by atoms with Crippen molar-refractivity contribution >= 4 is 23.8 Å². The van der Waals surface area contributed by atoms with Crippen LogP contribution < -0.4 is 10.7 Å². The molecule has 6 rings (SSSR count). The molecule has 0 spiro atoms. The highest BCUT2D eigenvalue weighted by molar-refractivity contribution is 5.95. The number of carboxylic acid groups (broad SMARTS) is 1. The lowest BCUT2D eigenvalue weighted by atomic mass is 9.82. The molecular weight excluding hydrogens is 508 g/mol. The van der Waals surface area contributed by atoms with Crippen LogP contribution in [0.3, 0.4) is 0 Å². The topological polar surface area (TPSA) is 120 Å². The first-order valence-corrected chi connectivity index (χ1v) is 14.4. The molecule has 3 fully saturated rings. The van der Waals surface area contributed by atoms with Gasteiger partial charge in [-0.15, -0.1) is 0 Å². The molecule has 0 bridgehead atoms. The molecule has 1 heterocycles. The highest BCUT2D eigenvalue weighted by Gasteiger charge is 2.45. The van der Waals surface area contributed by atoms with Gasteiger partial charge in [-0.2, -0.15) is 5.10 Å². The van der Waals surface area contributed by atoms with Gasteiger partial charge < -0.3 is 15.2 Å². The van der Waals surface area contributed by atoms with Crippen molar-refractivity contribution < 1.29 is 24.2 Å². The third-order valence-corrected chi connectivity index (χ3v) is 9.25. The van der Waals surface area contributed by atoms with Gasteiger partial charge in [0.2, 0.25) is 0 Å². The van der Waals surface area contributed by atoms with Crippen LogP contribution in [0, 0.1) is 17.8 Å². The number of ether oxygens (including phenoxy) is 1. The van der Waals surface area contributed by atoms with Crippen LogP contribution in [0.5, 0.6) is 0 Å². The Morgan fingerprint density at radius 2 is 1.60 bits per heavy atom. The summed E-state index contributed by atoms with van der Waals surface area (Å²) in [5.74, 6) is -0.375. The van der Waals surface area contributed by atoms with Crippen molar-refractivity contribution in [2.45, 2.75) is 56.9 Å². The Hall–Kier alpha value is -3.88. The average Bonchev–Trinajstić information content (AvgIpc) is 3.67. The number of fused-ring (bicyclic) bond motifs is 4. The Morgan fingerprint density at radius 3 is 2.27 bits per heavy atom. The first-order chi connectivity index (χ1) is 19.5. The van der Waals surface area contributed by atoms with Crippen LogP contribution in [-0.4, -0.2) is 59.6 Å². The molecule has 0 aromatic heterocycles. The highest BCUT2D eigenvalue weighted by atomic mass is 16.6. The van der Waals surface area contributed by atoms with E-state index in [9.17, 15) is 14.4 Å². The van der Waals surface area contributed by atoms with Crippen molar-refractivity contribution in [3.63, 3.8) is 0 Å². The summed E-state index contributed by atoms with van der Waals surface area (Å²) in [5.41, 5.74) is 8.20. The number of urea groups is 1. The van der Waals surface area contributed by atoms with E-state index in [-0.39, 0.29) is 42.5 Å². The van der Waals surface area contributed by atoms with Crippen LogP contribution >= 0.6 is 0 Å². The third kappa shape index (κ3) is 5.17. The van der Waals surface area contributed by atoms with Crippen molar-refractivity contribution in [1.82, 2.24) is 15.6 Å². The van der Waals surface area contributed by atoms with E-state index < -0.39 is 5.97 Å². The molecule has 2 aromatic rings. The summed E-state index contributed by atoms with van der Waals surface area (Å²) in [7, 11) is 0. The Balaban J connectivity index is 1.03. The normalized spacial score (nSPS) is 26.2. The van der Waals surface area contributed by atoms with E-state index >= 15 is 0 Å². The predicted octanol–water partition coefficient (Wildman–Crippen LogP) is 4.97. The summed E-state index contributed by atoms with van der Waals surface area (Å²) in [5, 5.41) is 16.5. The van der Waals surface area contributed by atoms with Gasteiger partial charge in [0.1, 0.15) is 6.61 Å². The summed E-state index contributed by atoms with van der Waals surface area (Å²) in [6.07, 6.45) is 5.15. The fraction of sp³-hybridized carbons (Fsp3) is 0.484. The van der Waals surface area contributed by atoms with Crippen molar-refractivity contribution in [3.8, 4) is 11.1 Å². The first kappa shape index (κ1) is 26.3. The van der Waals surface area contributed by atoms with Crippen molar-refractivity contribution in [1.29, 1.82) is 0 Å². The smallest absolute Gasteiger partial charge is 0.410 e. The molecular formula is C31H36N4O5. The molecule has 1 saturated heterocycles. The van der Waals surface area contributed by atoms with Gasteiger partial charge in [-0.05, 0) is 79.0 Å². The van der Waals surface area contributed by atoms with Crippen molar-refractivity contribution in [2.24, 2.45) is 22.9 Å². The molecule has 9 heteroatoms. The minimum Gasteiger partial charge on any atom is -0.481 e. The molecule has 3 N–H and O–H groups in total. The number of hydrogen-bond donors (Lipinski definition) is 3. The van der Waals surface area contributed by atoms with Crippen LogP contribution in [0.25, 0.3) is 11.1 Å². The fourth-order valence-corrected chi connectivity index (χ4v) is 7.11. The molecule has 3 amide bonds. The standard InChI is InChI=1S/C31H36N4O5/c36-29(37)21-11-9-19(10-12-21)17-32-30(38)34-33-27-14-13-20-15-16-35(28(20)27)31(39)40-18-26-24-7-3-1-5-22(24)23-6-2-4-8-25(23)26/h1-8,19-21,26,28H,9-18H2,(H,36,37)(H2,32,34,38)/b33-27-. The fourth-order valence-electron chi connectivity index (χ4n) is 7.11. The minimum atomic E-state index is -0.728. The van der Waals surface area contributed by atoms with Gasteiger partial charge in [0.25, 0.3) is 0 Å². The SMILES string of the molecule is O=C(NCC1CCC(C(=O)O)CC1)N/N=C1/CCC2CCN(C(=O)OCC3c4ccccc4-c4ccccc43)C12. The lowest BCUT2D eigenvalue weighted by Gasteiger charge is -2.26. The average molecular weight is 545 g/mol. The van der Waals surface area contributed by atoms with Gasteiger partial charge in [0, 0.05) is 19.0 Å². The van der Waals surface area contributed by atoms with Gasteiger partial charge in [0.15, 0.2) is 0 Å². The minimum absolute atomic E-state index is 0.0102. The molecule has 2 unspecified atom stereocenters. The van der Waals surface area contributed by atoms with E-state index in [1.54, 1.807) is 4.90 Å². The zero-order chi connectivity index (χ0) is 27.6. The summed E-state index contributed by atoms with van der Waals surface area (Å²) >= 11 is 0. The molecule has 2 aromatic carbocycles. The van der Waals surface area contributed by atoms with Crippen LogP contribution in [0.2, 0.25) is 0 Å². The number of hydrogen-bond acceptors (Lipinski definition) is 5. The number of carbonyl (C=O) groups excluding carboxylic acids is 2. The largest absolute Gasteiger partial charge is 0.481 e. The molecule has 4 aliphatic rings. The quantitative estimate of drug-likeness (QED) is 0.444. The zero-order valence-electron chi connectivity index (χ0n) is 22.6. The Bertz CT molecular complexity index is 1270. The second kappa shape index (κ2) is 11.3. The number of hydrazone groups is 1. The Kier molecular flexibility index (Phi) is 7.45. The van der Waals surface area contributed by atoms with Crippen molar-refractivity contribution in [2.75, 3.05) is 19.7 Å². The zero-order valence-corrected chi connectivity index (χ0v) is 22.6. The van der Waals surface area contributed by atoms with E-state index in [4.69, 9.17) is 9.84 Å². The lowest BCUT2D eigenvalue weighted by Crippen LogP contribution is -2.42. The summed E-state index contributed by atoms with van der Waals surface area (Å²) < 4.78 is 5.93. The maximum atomic E-state index is 13.3. The van der Waals surface area contributed by atoms with Gasteiger partial charge in [-0.25, -0.2) is 15.0 Å². The number of likely N-dealkylation sites (tertiary alicyclic amines) is 1. The number of aliphatic carboxylic acids is 1. The molecule has 3 aliphatic carbocycles. The van der Waals surface area contributed by atoms with Crippen LogP contribution in [0.15, 0.2) is 53.6 Å². The number of carboxylic acids is 1. The second-order valence-corrected chi connectivity index (χ2v) is 11.5.